The Morgan fingerprint density at radius 1 is 1.02 bits per heavy atom. The quantitative estimate of drug-likeness (QED) is 0.217. The standard InChI is InChI=1S/C29H28F4O12/c1-41-12-6-4-5-10-15(12)22(38)18-17(20(10)36)21(37)11-7-28(40,14(35)9-34)8-13(16(11)23(18)39)44-27-19(30)24(42-2)25(43-3)26(45-27)29(31,32)33/h4-6,13,19,24-27,34,37,39-40H,7-9H2,1-3H3/t13-,19?,24?,25?,26?,27?,28-/m0/s1. The van der Waals surface area contributed by atoms with Crippen LogP contribution in [0.5, 0.6) is 17.2 Å². The number of ketones is 3. The van der Waals surface area contributed by atoms with E-state index < -0.39 is 119 Å². The van der Waals surface area contributed by atoms with Gasteiger partial charge < -0.3 is 44.1 Å². The lowest BCUT2D eigenvalue weighted by Crippen LogP contribution is -2.62. The molecule has 2 aromatic carbocycles. The molecular formula is C29H28F4O12. The van der Waals surface area contributed by atoms with Gasteiger partial charge >= 0.3 is 6.18 Å². The Morgan fingerprint density at radius 2 is 1.67 bits per heavy atom. The summed E-state index contributed by atoms with van der Waals surface area (Å²) in [6.45, 7) is -1.23. The van der Waals surface area contributed by atoms with Gasteiger partial charge in [-0.3, -0.25) is 14.4 Å². The van der Waals surface area contributed by atoms with E-state index in [1.54, 1.807) is 0 Å². The van der Waals surface area contributed by atoms with Crippen LogP contribution in [-0.2, 0) is 30.2 Å². The van der Waals surface area contributed by atoms with E-state index in [0.29, 0.717) is 0 Å². The first-order valence-electron chi connectivity index (χ1n) is 13.5. The SMILES string of the molecule is COc1cccc2c1C(=O)c1c(O)c3c(c(O)c1C2=O)C[C@@](O)(C(=O)CO)C[C@@H]3OC1OC(C(F)(F)F)C(OC)C(OC)C1F. The summed E-state index contributed by atoms with van der Waals surface area (Å²) >= 11 is 0. The molecule has 0 radical (unpaired) electrons. The average molecular weight is 645 g/mol. The number of aliphatic hydroxyl groups is 2. The van der Waals surface area contributed by atoms with Crippen molar-refractivity contribution in [3.05, 3.63) is 51.6 Å². The largest absolute Gasteiger partial charge is 0.507 e. The molecule has 5 rings (SSSR count). The average Bonchev–Trinajstić information content (AvgIpc) is 3.00. The Labute approximate surface area is 252 Å². The molecular weight excluding hydrogens is 616 g/mol. The van der Waals surface area contributed by atoms with Crippen molar-refractivity contribution in [1.82, 2.24) is 0 Å². The van der Waals surface area contributed by atoms with Crippen molar-refractivity contribution in [3.63, 3.8) is 0 Å². The third kappa shape index (κ3) is 5.05. The molecule has 1 saturated heterocycles. The number of fused-ring (bicyclic) bond motifs is 3. The Bertz CT molecular complexity index is 1560. The highest BCUT2D eigenvalue weighted by Crippen LogP contribution is 2.53. The second kappa shape index (κ2) is 11.6. The first-order chi connectivity index (χ1) is 21.1. The van der Waals surface area contributed by atoms with Gasteiger partial charge in [0.2, 0.25) is 5.78 Å². The lowest BCUT2D eigenvalue weighted by atomic mass is 9.72. The third-order valence-electron chi connectivity index (χ3n) is 8.38. The zero-order chi connectivity index (χ0) is 33.2. The van der Waals surface area contributed by atoms with Crippen LogP contribution in [0, 0.1) is 0 Å². The lowest BCUT2D eigenvalue weighted by molar-refractivity contribution is -0.358. The number of hydrogen-bond acceptors (Lipinski definition) is 12. The fraction of sp³-hybridized carbons (Fsp3) is 0.483. The van der Waals surface area contributed by atoms with Gasteiger partial charge in [-0.05, 0) is 6.07 Å². The molecule has 2 aliphatic carbocycles. The van der Waals surface area contributed by atoms with Crippen LogP contribution in [0.15, 0.2) is 18.2 Å². The van der Waals surface area contributed by atoms with Crippen molar-refractivity contribution >= 4 is 17.3 Å². The molecule has 0 bridgehead atoms. The smallest absolute Gasteiger partial charge is 0.417 e. The highest BCUT2D eigenvalue weighted by atomic mass is 19.4. The van der Waals surface area contributed by atoms with Gasteiger partial charge in [-0.25, -0.2) is 4.39 Å². The highest BCUT2D eigenvalue weighted by molar-refractivity contribution is 6.31. The van der Waals surface area contributed by atoms with E-state index in [1.165, 1.54) is 25.3 Å². The molecule has 0 spiro atoms. The van der Waals surface area contributed by atoms with Gasteiger partial charge in [0.05, 0.1) is 29.9 Å². The van der Waals surface area contributed by atoms with Crippen LogP contribution in [0.1, 0.15) is 55.5 Å². The molecule has 1 aliphatic heterocycles. The zero-order valence-corrected chi connectivity index (χ0v) is 23.9. The fourth-order valence-corrected chi connectivity index (χ4v) is 6.25. The number of rotatable bonds is 7. The summed E-state index contributed by atoms with van der Waals surface area (Å²) in [5.74, 6) is -5.11. The van der Waals surface area contributed by atoms with Crippen LogP contribution in [-0.4, -0.2) is 108 Å². The maximum Gasteiger partial charge on any atom is 0.417 e. The molecule has 2 aromatic rings. The minimum absolute atomic E-state index is 0.0452. The summed E-state index contributed by atoms with van der Waals surface area (Å²) in [6, 6.07) is 4.04. The molecule has 12 nitrogen and oxygen atoms in total. The Balaban J connectivity index is 1.69. The predicted octanol–water partition coefficient (Wildman–Crippen LogP) is 1.83. The summed E-state index contributed by atoms with van der Waals surface area (Å²) in [5.41, 5.74) is -5.47. The maximum absolute atomic E-state index is 15.7. The van der Waals surface area contributed by atoms with Crippen molar-refractivity contribution < 1.29 is 76.1 Å². The van der Waals surface area contributed by atoms with Crippen LogP contribution in [0.25, 0.3) is 0 Å². The van der Waals surface area contributed by atoms with Gasteiger partial charge in [0, 0.05) is 43.8 Å². The molecule has 3 aliphatic rings. The number of carbonyl (C=O) groups is 3. The molecule has 16 heteroatoms. The second-order valence-corrected chi connectivity index (χ2v) is 10.8. The van der Waals surface area contributed by atoms with E-state index in [-0.39, 0.29) is 16.9 Å². The Hall–Kier alpha value is -3.67. The van der Waals surface area contributed by atoms with Crippen LogP contribution < -0.4 is 4.74 Å². The van der Waals surface area contributed by atoms with Crippen molar-refractivity contribution in [2.75, 3.05) is 27.9 Å². The zero-order valence-electron chi connectivity index (χ0n) is 23.9. The van der Waals surface area contributed by atoms with E-state index in [4.69, 9.17) is 23.7 Å². The van der Waals surface area contributed by atoms with E-state index in [2.05, 4.69) is 0 Å². The number of Topliss-reactive ketones (excluding diaryl/α,β-unsaturated/α-hetero) is 1. The van der Waals surface area contributed by atoms with Crippen LogP contribution in [0.2, 0.25) is 0 Å². The molecule has 4 N–H and O–H groups in total. The number of aliphatic hydroxyl groups excluding tert-OH is 1. The number of phenolic OH excluding ortho intramolecular Hbond substituents is 2. The van der Waals surface area contributed by atoms with Crippen molar-refractivity contribution in [1.29, 1.82) is 0 Å². The number of halogens is 4. The number of ether oxygens (including phenoxy) is 5. The number of methoxy groups -OCH3 is 3. The van der Waals surface area contributed by atoms with Crippen LogP contribution in [0.4, 0.5) is 17.6 Å². The summed E-state index contributed by atoms with van der Waals surface area (Å²) in [5, 5.41) is 43.7. The number of aromatic hydroxyl groups is 2. The van der Waals surface area contributed by atoms with Crippen molar-refractivity contribution in [2.24, 2.45) is 0 Å². The fourth-order valence-electron chi connectivity index (χ4n) is 6.25. The topological polar surface area (TPSA) is 178 Å². The van der Waals surface area contributed by atoms with Crippen molar-refractivity contribution in [2.45, 2.75) is 61.5 Å². The summed E-state index contributed by atoms with van der Waals surface area (Å²) in [4.78, 5) is 39.9. The minimum Gasteiger partial charge on any atom is -0.507 e. The molecule has 45 heavy (non-hydrogen) atoms. The molecule has 0 saturated carbocycles. The molecule has 0 aromatic heterocycles. The van der Waals surface area contributed by atoms with E-state index in [1.807, 2.05) is 0 Å². The van der Waals surface area contributed by atoms with E-state index in [9.17, 15) is 48.0 Å². The van der Waals surface area contributed by atoms with E-state index >= 15 is 4.39 Å². The van der Waals surface area contributed by atoms with Gasteiger partial charge in [0.25, 0.3) is 0 Å². The molecule has 1 fully saturated rings. The van der Waals surface area contributed by atoms with E-state index in [0.717, 1.165) is 14.2 Å². The minimum atomic E-state index is -5.12. The number of phenols is 2. The normalized spacial score (nSPS) is 29.5. The summed E-state index contributed by atoms with van der Waals surface area (Å²) < 4.78 is 83.0. The van der Waals surface area contributed by atoms with Gasteiger partial charge in [0.15, 0.2) is 30.1 Å². The maximum atomic E-state index is 15.7. The second-order valence-electron chi connectivity index (χ2n) is 10.8. The molecule has 5 unspecified atom stereocenters. The highest BCUT2D eigenvalue weighted by Gasteiger charge is 2.59. The lowest BCUT2D eigenvalue weighted by Gasteiger charge is -2.45. The summed E-state index contributed by atoms with van der Waals surface area (Å²) in [7, 11) is 3.04. The number of hydrogen-bond donors (Lipinski definition) is 4. The van der Waals surface area contributed by atoms with Crippen LogP contribution in [0.3, 0.4) is 0 Å². The predicted molar refractivity (Wildman–Crippen MR) is 140 cm³/mol. The number of alkyl halides is 4. The van der Waals surface area contributed by atoms with Gasteiger partial charge in [0.1, 0.15) is 41.7 Å². The number of benzene rings is 2. The first kappa shape index (κ1) is 32.7. The molecule has 1 heterocycles. The molecule has 0 amide bonds. The van der Waals surface area contributed by atoms with Gasteiger partial charge in [-0.2, -0.15) is 13.2 Å². The summed E-state index contributed by atoms with van der Waals surface area (Å²) in [6.07, 6.45) is -20.3. The Kier molecular flexibility index (Phi) is 8.43. The molecule has 244 valence electrons. The third-order valence-corrected chi connectivity index (χ3v) is 8.38. The number of carbonyl (C=O) groups excluding carboxylic acids is 3. The first-order valence-corrected chi connectivity index (χ1v) is 13.5. The molecule has 7 atom stereocenters. The van der Waals surface area contributed by atoms with Crippen LogP contribution >= 0.6 is 0 Å². The van der Waals surface area contributed by atoms with Gasteiger partial charge in [-0.15, -0.1) is 0 Å². The van der Waals surface area contributed by atoms with Crippen molar-refractivity contribution in [3.8, 4) is 17.2 Å². The monoisotopic (exact) mass is 644 g/mol. The Morgan fingerprint density at radius 3 is 2.24 bits per heavy atom. The van der Waals surface area contributed by atoms with Gasteiger partial charge in [-0.1, -0.05) is 12.1 Å².